The van der Waals surface area contributed by atoms with Crippen LogP contribution in [0.1, 0.15) is 187 Å². The van der Waals surface area contributed by atoms with E-state index in [1.54, 1.807) is 0 Å². The second kappa shape index (κ2) is 32.8. The second-order valence-corrected chi connectivity index (χ2v) is 19.3. The molecule has 1 aliphatic rings. The molecule has 4 unspecified atom stereocenters. The van der Waals surface area contributed by atoms with E-state index in [-0.39, 0.29) is 18.8 Å². The monoisotopic (exact) mass is 912 g/mol. The summed E-state index contributed by atoms with van der Waals surface area (Å²) >= 11 is 0. The first-order valence-corrected chi connectivity index (χ1v) is 26.1. The summed E-state index contributed by atoms with van der Waals surface area (Å²) in [5.41, 5.74) is 4.61. The number of anilines is 1. The predicted molar refractivity (Wildman–Crippen MR) is 234 cm³/mol. The minimum Gasteiger partial charge on any atom is -0.457 e. The van der Waals surface area contributed by atoms with Gasteiger partial charge in [-0.1, -0.05) is 162 Å². The molecule has 0 saturated carbocycles. The van der Waals surface area contributed by atoms with E-state index in [4.69, 9.17) is 29.0 Å². The Morgan fingerprint density at radius 1 is 0.738 bits per heavy atom. The van der Waals surface area contributed by atoms with Crippen LogP contribution in [-0.4, -0.2) is 86.4 Å². The van der Waals surface area contributed by atoms with Crippen LogP contribution in [0.4, 0.5) is 5.82 Å². The maximum absolute atomic E-state index is 12.8. The highest BCUT2D eigenvalue weighted by molar-refractivity contribution is 7.61. The molecule has 0 aromatic carbocycles. The average Bonchev–Trinajstić information content (AvgIpc) is 3.49. The third-order valence-corrected chi connectivity index (χ3v) is 13.3. The van der Waals surface area contributed by atoms with Gasteiger partial charge in [0.1, 0.15) is 30.2 Å². The molecule has 356 valence electrons. The smallest absolute Gasteiger partial charge is 0.457 e. The molecule has 17 nitrogen and oxygen atoms in total. The summed E-state index contributed by atoms with van der Waals surface area (Å²) < 4.78 is 57.3. The van der Waals surface area contributed by atoms with Crippen molar-refractivity contribution in [1.82, 2.24) is 9.55 Å². The van der Waals surface area contributed by atoms with Crippen LogP contribution in [0.2, 0.25) is 0 Å². The van der Waals surface area contributed by atoms with Crippen LogP contribution in [0.25, 0.3) is 0 Å². The molecule has 61 heavy (non-hydrogen) atoms. The van der Waals surface area contributed by atoms with E-state index in [0.717, 1.165) is 49.5 Å². The van der Waals surface area contributed by atoms with Crippen molar-refractivity contribution in [2.75, 3.05) is 32.2 Å². The number of phosphoric ester groups is 2. The molecule has 0 bridgehead atoms. The third kappa shape index (κ3) is 26.0. The average molecular weight is 912 g/mol. The number of nitrogens with two attached hydrogens (primary N) is 1. The number of nitrogen functional groups attached to an aromatic ring is 1. The lowest BCUT2D eigenvalue weighted by atomic mass is 10.0. The van der Waals surface area contributed by atoms with Gasteiger partial charge in [-0.25, -0.2) is 13.9 Å². The van der Waals surface area contributed by atoms with Crippen LogP contribution in [0.5, 0.6) is 0 Å². The van der Waals surface area contributed by atoms with Crippen LogP contribution < -0.4 is 11.4 Å². The van der Waals surface area contributed by atoms with Crippen LogP contribution in [-0.2, 0) is 41.5 Å². The Morgan fingerprint density at radius 3 is 1.72 bits per heavy atom. The summed E-state index contributed by atoms with van der Waals surface area (Å²) in [6, 6.07) is 1.26. The molecule has 1 aromatic heterocycles. The van der Waals surface area contributed by atoms with Gasteiger partial charge in [0.15, 0.2) is 6.23 Å². The van der Waals surface area contributed by atoms with E-state index in [1.807, 2.05) is 0 Å². The molecule has 1 fully saturated rings. The van der Waals surface area contributed by atoms with Gasteiger partial charge in [0.05, 0.1) is 19.8 Å². The summed E-state index contributed by atoms with van der Waals surface area (Å²) in [6.07, 6.45) is 23.3. The maximum Gasteiger partial charge on any atom is 0.481 e. The lowest BCUT2D eigenvalue weighted by Crippen LogP contribution is -2.36. The topological polar surface area (TPSA) is 248 Å². The van der Waals surface area contributed by atoms with Crippen molar-refractivity contribution < 1.29 is 61.5 Å². The van der Waals surface area contributed by atoms with Crippen molar-refractivity contribution in [3.63, 3.8) is 0 Å². The number of aromatic nitrogens is 2. The Balaban J connectivity index is 1.79. The van der Waals surface area contributed by atoms with Gasteiger partial charge in [-0.15, -0.1) is 0 Å². The van der Waals surface area contributed by atoms with Gasteiger partial charge >= 0.3 is 27.3 Å². The van der Waals surface area contributed by atoms with Crippen molar-refractivity contribution in [3.8, 4) is 0 Å². The molecule has 0 amide bonds. The van der Waals surface area contributed by atoms with Crippen molar-refractivity contribution in [2.24, 2.45) is 0 Å². The number of esters is 1. The zero-order chi connectivity index (χ0) is 44.8. The van der Waals surface area contributed by atoms with Crippen molar-refractivity contribution in [3.05, 3.63) is 22.7 Å². The van der Waals surface area contributed by atoms with Crippen LogP contribution in [0, 0.1) is 0 Å². The standard InChI is InChI=1S/C42H79N3O14P2/c1-3-5-7-9-11-13-15-16-17-19-21-23-25-27-31-54-32-35(57-38(46)28-26-24-22-20-18-14-12-10-8-6-4-2)33-55-60(50,51)59-61(52,53)56-34-36-39(47)40(48)41(58-36)45-30-29-37(43)44-42(45)49/h29-30,35-36,39-41,47-48H,3-28,31-34H2,1-2H3,(H,50,51)(H,52,53)(H2,43,44,49)/t35?,36-,39-,40+,41?/m1/s1. The second-order valence-electron chi connectivity index (χ2n) is 16.3. The number of nitrogens with zero attached hydrogens (tertiary/aromatic N) is 2. The number of phosphoric acid groups is 2. The van der Waals surface area contributed by atoms with Gasteiger partial charge in [-0.05, 0) is 18.9 Å². The quantitative estimate of drug-likeness (QED) is 0.0235. The zero-order valence-electron chi connectivity index (χ0n) is 37.0. The SMILES string of the molecule is CCCCCCCCCCCCCCCCOCC(COP(=O)(O)OP(=O)(O)OC[C@H]1OC(n2ccc(N)nc2=O)[C@@H](O)[C@@H]1O)OC(=O)CCCCCCCCCCCCC. The third-order valence-electron chi connectivity index (χ3n) is 10.7. The molecule has 19 heteroatoms. The number of ether oxygens (including phenoxy) is 3. The number of hydrogen-bond acceptors (Lipinski definition) is 14. The van der Waals surface area contributed by atoms with Crippen LogP contribution >= 0.6 is 15.6 Å². The largest absolute Gasteiger partial charge is 0.481 e. The number of rotatable bonds is 39. The summed E-state index contributed by atoms with van der Waals surface area (Å²) in [7, 11) is -10.6. The molecule has 1 aliphatic heterocycles. The fourth-order valence-electron chi connectivity index (χ4n) is 7.15. The highest BCUT2D eigenvalue weighted by Crippen LogP contribution is 2.60. The van der Waals surface area contributed by atoms with E-state index >= 15 is 0 Å². The van der Waals surface area contributed by atoms with E-state index in [9.17, 15) is 38.7 Å². The highest BCUT2D eigenvalue weighted by Gasteiger charge is 2.46. The molecule has 0 aliphatic carbocycles. The first-order valence-electron chi connectivity index (χ1n) is 23.1. The number of carbonyl (C=O) groups excluding carboxylic acids is 1. The Bertz CT molecular complexity index is 1460. The molecule has 1 saturated heterocycles. The van der Waals surface area contributed by atoms with Crippen molar-refractivity contribution in [1.29, 1.82) is 0 Å². The molecule has 0 spiro atoms. The van der Waals surface area contributed by atoms with E-state index in [0.29, 0.717) is 13.0 Å². The van der Waals surface area contributed by atoms with Gasteiger partial charge in [-0.2, -0.15) is 9.29 Å². The normalized spacial score (nSPS) is 20.4. The molecule has 1 aromatic rings. The molecular formula is C42H79N3O14P2. The minimum atomic E-state index is -5.35. The van der Waals surface area contributed by atoms with Gasteiger partial charge < -0.3 is 39.9 Å². The molecule has 2 heterocycles. The van der Waals surface area contributed by atoms with Gasteiger partial charge in [-0.3, -0.25) is 18.4 Å². The van der Waals surface area contributed by atoms with Crippen LogP contribution in [0.15, 0.2) is 17.1 Å². The highest BCUT2D eigenvalue weighted by atomic mass is 31.3. The summed E-state index contributed by atoms with van der Waals surface area (Å²) in [6.45, 7) is 3.11. The van der Waals surface area contributed by atoms with E-state index in [2.05, 4.69) is 23.1 Å². The predicted octanol–water partition coefficient (Wildman–Crippen LogP) is 8.81. The zero-order valence-corrected chi connectivity index (χ0v) is 38.8. The Kier molecular flexibility index (Phi) is 29.8. The van der Waals surface area contributed by atoms with Crippen molar-refractivity contribution in [2.45, 2.75) is 211 Å². The Morgan fingerprint density at radius 2 is 1.21 bits per heavy atom. The Labute approximate surface area is 364 Å². The lowest BCUT2D eigenvalue weighted by molar-refractivity contribution is -0.154. The fraction of sp³-hybridized carbons (Fsp3) is 0.881. The summed E-state index contributed by atoms with van der Waals surface area (Å²) in [5, 5.41) is 20.9. The van der Waals surface area contributed by atoms with E-state index in [1.165, 1.54) is 121 Å². The molecule has 0 radical (unpaired) electrons. The molecule has 6 N–H and O–H groups in total. The van der Waals surface area contributed by atoms with Crippen molar-refractivity contribution >= 4 is 27.4 Å². The lowest BCUT2D eigenvalue weighted by Gasteiger charge is -2.21. The fourth-order valence-corrected chi connectivity index (χ4v) is 9.26. The number of carbonyl (C=O) groups is 1. The number of aliphatic hydroxyl groups excluding tert-OH is 2. The number of hydrogen-bond donors (Lipinski definition) is 5. The first-order chi connectivity index (χ1) is 29.3. The molecule has 2 rings (SSSR count). The van der Waals surface area contributed by atoms with Gasteiger partial charge in [0.2, 0.25) is 0 Å². The molecular weight excluding hydrogens is 832 g/mol. The number of unbranched alkanes of at least 4 members (excludes halogenated alkanes) is 23. The number of aliphatic hydroxyl groups is 2. The van der Waals surface area contributed by atoms with Gasteiger partial charge in [0.25, 0.3) is 0 Å². The first kappa shape index (κ1) is 55.4. The molecule has 7 atom stereocenters. The van der Waals surface area contributed by atoms with Gasteiger partial charge in [0, 0.05) is 19.2 Å². The summed E-state index contributed by atoms with van der Waals surface area (Å²) in [5.74, 6) is -0.609. The maximum atomic E-state index is 12.8. The summed E-state index contributed by atoms with van der Waals surface area (Å²) in [4.78, 5) is 49.1. The van der Waals surface area contributed by atoms with Crippen LogP contribution in [0.3, 0.4) is 0 Å². The van der Waals surface area contributed by atoms with E-state index < -0.39 is 71.2 Å². The Hall–Kier alpha value is -1.75. The minimum absolute atomic E-state index is 0.0833.